The molecule has 27 heavy (non-hydrogen) atoms. The molecule has 4 aromatic rings. The Bertz CT molecular complexity index is 1130. The summed E-state index contributed by atoms with van der Waals surface area (Å²) >= 11 is 1.21. The van der Waals surface area contributed by atoms with E-state index in [0.29, 0.717) is 38.5 Å². The number of amides is 1. The number of nitrogens with one attached hydrogen (secondary N) is 1. The highest BCUT2D eigenvalue weighted by atomic mass is 32.1. The second-order valence-corrected chi connectivity index (χ2v) is 6.57. The number of benzene rings is 1. The molecular formula is C20H14N2O4S. The molecular weight excluding hydrogens is 364 g/mol. The number of carbonyl (C=O) groups excluding carboxylic acids is 2. The highest BCUT2D eigenvalue weighted by Crippen LogP contribution is 2.28. The fraction of sp³-hybridized carbons (Fsp3) is 0.0500. The van der Waals surface area contributed by atoms with Crippen LogP contribution in [-0.4, -0.2) is 24.0 Å². The lowest BCUT2D eigenvalue weighted by molar-refractivity contribution is 0.0607. The van der Waals surface area contributed by atoms with Crippen LogP contribution in [0.5, 0.6) is 0 Å². The Labute approximate surface area is 158 Å². The predicted molar refractivity (Wildman–Crippen MR) is 103 cm³/mol. The first kappa shape index (κ1) is 17.0. The molecule has 0 atom stereocenters. The smallest absolute Gasteiger partial charge is 0.350 e. The second kappa shape index (κ2) is 7.05. The first-order valence-electron chi connectivity index (χ1n) is 8.08. The lowest BCUT2D eigenvalue weighted by Crippen LogP contribution is -2.15. The molecule has 0 spiro atoms. The number of hydrogen-bond donors (Lipinski definition) is 1. The Hall–Kier alpha value is -3.45. The van der Waals surface area contributed by atoms with Crippen LogP contribution < -0.4 is 5.32 Å². The molecule has 3 aromatic heterocycles. The van der Waals surface area contributed by atoms with Crippen LogP contribution in [0.15, 0.2) is 64.6 Å². The summed E-state index contributed by atoms with van der Waals surface area (Å²) in [6.07, 6.45) is 1.56. The zero-order valence-corrected chi connectivity index (χ0v) is 15.1. The molecule has 0 saturated heterocycles. The van der Waals surface area contributed by atoms with Gasteiger partial charge in [0.05, 0.1) is 30.1 Å². The number of fused-ring (bicyclic) bond motifs is 1. The number of methoxy groups -OCH3 is 1. The van der Waals surface area contributed by atoms with E-state index < -0.39 is 5.97 Å². The average Bonchev–Trinajstić information content (AvgIpc) is 3.38. The Morgan fingerprint density at radius 2 is 2.00 bits per heavy atom. The summed E-state index contributed by atoms with van der Waals surface area (Å²) in [5.74, 6) is -0.262. The summed E-state index contributed by atoms with van der Waals surface area (Å²) in [5, 5.41) is 5.23. The number of pyridine rings is 1. The van der Waals surface area contributed by atoms with E-state index in [-0.39, 0.29) is 5.91 Å². The molecule has 3 heterocycles. The SMILES string of the molecule is COC(=O)c1sccc1NC(=O)c1cc(-c2ccco2)nc2ccccc12. The number of nitrogens with zero attached hydrogens (tertiary/aromatic N) is 1. The molecule has 1 N–H and O–H groups in total. The molecule has 1 amide bonds. The Morgan fingerprint density at radius 1 is 1.15 bits per heavy atom. The van der Waals surface area contributed by atoms with Crippen LogP contribution in [-0.2, 0) is 4.74 Å². The predicted octanol–water partition coefficient (Wildman–Crippen LogP) is 4.60. The molecule has 0 aliphatic heterocycles. The zero-order valence-electron chi connectivity index (χ0n) is 14.3. The molecule has 0 radical (unpaired) electrons. The van der Waals surface area contributed by atoms with Gasteiger partial charge < -0.3 is 14.5 Å². The van der Waals surface area contributed by atoms with E-state index in [4.69, 9.17) is 9.15 Å². The van der Waals surface area contributed by atoms with Gasteiger partial charge in [-0.15, -0.1) is 11.3 Å². The van der Waals surface area contributed by atoms with Crippen LogP contribution in [0.4, 0.5) is 5.69 Å². The van der Waals surface area contributed by atoms with Crippen molar-refractivity contribution in [2.75, 3.05) is 12.4 Å². The van der Waals surface area contributed by atoms with Crippen molar-refractivity contribution in [3.63, 3.8) is 0 Å². The van der Waals surface area contributed by atoms with Crippen molar-refractivity contribution in [1.29, 1.82) is 0 Å². The number of para-hydroxylation sites is 1. The normalized spacial score (nSPS) is 10.7. The summed E-state index contributed by atoms with van der Waals surface area (Å²) in [4.78, 5) is 29.8. The maximum atomic E-state index is 13.0. The molecule has 134 valence electrons. The van der Waals surface area contributed by atoms with Crippen molar-refractivity contribution >= 4 is 39.8 Å². The van der Waals surface area contributed by atoms with Crippen molar-refractivity contribution < 1.29 is 18.7 Å². The van der Waals surface area contributed by atoms with E-state index in [2.05, 4.69) is 10.3 Å². The van der Waals surface area contributed by atoms with Gasteiger partial charge in [0, 0.05) is 5.39 Å². The van der Waals surface area contributed by atoms with Crippen molar-refractivity contribution in [2.45, 2.75) is 0 Å². The van der Waals surface area contributed by atoms with Crippen molar-refractivity contribution in [1.82, 2.24) is 4.98 Å². The zero-order chi connectivity index (χ0) is 18.8. The van der Waals surface area contributed by atoms with Crippen LogP contribution >= 0.6 is 11.3 Å². The average molecular weight is 378 g/mol. The van der Waals surface area contributed by atoms with Gasteiger partial charge in [0.15, 0.2) is 5.76 Å². The number of esters is 1. The molecule has 0 aliphatic rings. The lowest BCUT2D eigenvalue weighted by Gasteiger charge is -2.10. The van der Waals surface area contributed by atoms with Gasteiger partial charge in [-0.05, 0) is 35.7 Å². The van der Waals surface area contributed by atoms with Crippen molar-refractivity contribution in [3.8, 4) is 11.5 Å². The van der Waals surface area contributed by atoms with E-state index in [1.54, 1.807) is 35.9 Å². The molecule has 0 bridgehead atoms. The largest absolute Gasteiger partial charge is 0.465 e. The molecule has 0 unspecified atom stereocenters. The van der Waals surface area contributed by atoms with E-state index in [1.165, 1.54) is 18.4 Å². The Kier molecular flexibility index (Phi) is 4.43. The third-order valence-electron chi connectivity index (χ3n) is 4.02. The van der Waals surface area contributed by atoms with Gasteiger partial charge in [-0.3, -0.25) is 4.79 Å². The summed E-state index contributed by atoms with van der Waals surface area (Å²) in [5.41, 5.74) is 2.09. The van der Waals surface area contributed by atoms with Crippen molar-refractivity contribution in [3.05, 3.63) is 70.6 Å². The molecule has 4 rings (SSSR count). The van der Waals surface area contributed by atoms with Crippen LogP contribution in [0.25, 0.3) is 22.4 Å². The number of rotatable bonds is 4. The summed E-state index contributed by atoms with van der Waals surface area (Å²) in [7, 11) is 1.31. The second-order valence-electron chi connectivity index (χ2n) is 5.66. The maximum absolute atomic E-state index is 13.0. The van der Waals surface area contributed by atoms with Crippen molar-refractivity contribution in [2.24, 2.45) is 0 Å². The van der Waals surface area contributed by atoms with Gasteiger partial charge in [-0.2, -0.15) is 0 Å². The van der Waals surface area contributed by atoms with Gasteiger partial charge in [0.1, 0.15) is 10.6 Å². The monoisotopic (exact) mass is 378 g/mol. The number of hydrogen-bond acceptors (Lipinski definition) is 6. The third kappa shape index (κ3) is 3.20. The number of ether oxygens (including phenoxy) is 1. The van der Waals surface area contributed by atoms with Crippen LogP contribution in [0.3, 0.4) is 0 Å². The standard InChI is InChI=1S/C20H14N2O4S/c1-25-20(24)18-15(8-10-27-18)22-19(23)13-11-16(17-7-4-9-26-17)21-14-6-3-2-5-12(13)14/h2-11H,1H3,(H,22,23). The highest BCUT2D eigenvalue weighted by molar-refractivity contribution is 7.12. The minimum Gasteiger partial charge on any atom is -0.465 e. The van der Waals surface area contributed by atoms with Crippen LogP contribution in [0, 0.1) is 0 Å². The first-order valence-corrected chi connectivity index (χ1v) is 8.96. The van der Waals surface area contributed by atoms with Gasteiger partial charge in [-0.1, -0.05) is 18.2 Å². The molecule has 7 heteroatoms. The fourth-order valence-corrected chi connectivity index (χ4v) is 3.53. The quantitative estimate of drug-likeness (QED) is 0.525. The lowest BCUT2D eigenvalue weighted by atomic mass is 10.1. The molecule has 6 nitrogen and oxygen atoms in total. The number of aromatic nitrogens is 1. The van der Waals surface area contributed by atoms with E-state index in [0.717, 1.165) is 0 Å². The third-order valence-corrected chi connectivity index (χ3v) is 4.91. The minimum absolute atomic E-state index is 0.343. The topological polar surface area (TPSA) is 81.4 Å². The Balaban J connectivity index is 1.77. The van der Waals surface area contributed by atoms with Crippen LogP contribution in [0.1, 0.15) is 20.0 Å². The van der Waals surface area contributed by atoms with Gasteiger partial charge >= 0.3 is 5.97 Å². The molecule has 0 fully saturated rings. The summed E-state index contributed by atoms with van der Waals surface area (Å²) in [6, 6.07) is 14.3. The van der Waals surface area contributed by atoms with Gasteiger partial charge in [-0.25, -0.2) is 9.78 Å². The summed E-state index contributed by atoms with van der Waals surface area (Å²) in [6.45, 7) is 0. The highest BCUT2D eigenvalue weighted by Gasteiger charge is 2.19. The van der Waals surface area contributed by atoms with Gasteiger partial charge in [0.25, 0.3) is 5.91 Å². The molecule has 0 saturated carbocycles. The summed E-state index contributed by atoms with van der Waals surface area (Å²) < 4.78 is 10.2. The van der Waals surface area contributed by atoms with E-state index in [1.807, 2.05) is 24.3 Å². The number of furan rings is 1. The van der Waals surface area contributed by atoms with Crippen LogP contribution in [0.2, 0.25) is 0 Å². The number of thiophene rings is 1. The van der Waals surface area contributed by atoms with E-state index >= 15 is 0 Å². The van der Waals surface area contributed by atoms with Gasteiger partial charge in [0.2, 0.25) is 0 Å². The number of carbonyl (C=O) groups is 2. The number of anilines is 1. The maximum Gasteiger partial charge on any atom is 0.350 e. The fourth-order valence-electron chi connectivity index (χ4n) is 2.76. The first-order chi connectivity index (χ1) is 13.2. The molecule has 0 aliphatic carbocycles. The van der Waals surface area contributed by atoms with E-state index in [9.17, 15) is 9.59 Å². The minimum atomic E-state index is -0.490. The molecule has 1 aromatic carbocycles. The Morgan fingerprint density at radius 3 is 2.78 bits per heavy atom.